The van der Waals surface area contributed by atoms with Crippen LogP contribution in [-0.4, -0.2) is 24.5 Å². The molecule has 3 aromatic carbocycles. The Balaban J connectivity index is 1.42. The number of hydrogen-bond acceptors (Lipinski definition) is 4. The monoisotopic (exact) mass is 388 g/mol. The second-order valence-corrected chi connectivity index (χ2v) is 6.66. The van der Waals surface area contributed by atoms with Crippen LogP contribution in [0.1, 0.15) is 6.92 Å². The second-order valence-electron chi connectivity index (χ2n) is 6.66. The third-order valence-corrected chi connectivity index (χ3v) is 4.52. The quantitative estimate of drug-likeness (QED) is 0.690. The van der Waals surface area contributed by atoms with E-state index in [-0.39, 0.29) is 18.4 Å². The first-order chi connectivity index (χ1) is 14.1. The molecule has 0 spiro atoms. The molecule has 1 aliphatic heterocycles. The third kappa shape index (κ3) is 4.21. The summed E-state index contributed by atoms with van der Waals surface area (Å²) in [5.74, 6) is 0.683. The molecule has 0 bridgehead atoms. The SMILES string of the molecule is C[C@H]1Oc2ccc(NC(=O)COc3ccccc3-c3ccccc3)cc2NC1=O. The van der Waals surface area contributed by atoms with Gasteiger partial charge >= 0.3 is 0 Å². The van der Waals surface area contributed by atoms with E-state index in [1.54, 1.807) is 25.1 Å². The predicted molar refractivity (Wildman–Crippen MR) is 111 cm³/mol. The normalized spacial score (nSPS) is 14.9. The minimum atomic E-state index is -0.541. The zero-order chi connectivity index (χ0) is 20.2. The highest BCUT2D eigenvalue weighted by Gasteiger charge is 2.23. The molecule has 4 rings (SSSR count). The number of benzene rings is 3. The van der Waals surface area contributed by atoms with E-state index in [0.717, 1.165) is 11.1 Å². The van der Waals surface area contributed by atoms with E-state index in [1.807, 2.05) is 54.6 Å². The van der Waals surface area contributed by atoms with Gasteiger partial charge in [-0.1, -0.05) is 48.5 Å². The van der Waals surface area contributed by atoms with Crippen molar-refractivity contribution in [2.45, 2.75) is 13.0 Å². The molecule has 2 N–H and O–H groups in total. The van der Waals surface area contributed by atoms with E-state index < -0.39 is 6.10 Å². The number of fused-ring (bicyclic) bond motifs is 1. The van der Waals surface area contributed by atoms with E-state index >= 15 is 0 Å². The molecule has 6 heteroatoms. The number of hydrogen-bond donors (Lipinski definition) is 2. The minimum absolute atomic E-state index is 0.138. The van der Waals surface area contributed by atoms with Crippen molar-refractivity contribution < 1.29 is 19.1 Å². The second kappa shape index (κ2) is 8.06. The van der Waals surface area contributed by atoms with Crippen LogP contribution >= 0.6 is 0 Å². The first-order valence-electron chi connectivity index (χ1n) is 9.29. The van der Waals surface area contributed by atoms with Crippen LogP contribution in [0.4, 0.5) is 11.4 Å². The summed E-state index contributed by atoms with van der Waals surface area (Å²) in [6.45, 7) is 1.54. The van der Waals surface area contributed by atoms with Gasteiger partial charge in [-0.05, 0) is 36.8 Å². The largest absolute Gasteiger partial charge is 0.483 e. The Morgan fingerprint density at radius 2 is 1.83 bits per heavy atom. The summed E-state index contributed by atoms with van der Waals surface area (Å²) in [6, 6.07) is 22.5. The van der Waals surface area contributed by atoms with Crippen molar-refractivity contribution in [1.29, 1.82) is 0 Å². The fraction of sp³-hybridized carbons (Fsp3) is 0.130. The van der Waals surface area contributed by atoms with Crippen molar-refractivity contribution in [2.24, 2.45) is 0 Å². The molecule has 1 atom stereocenters. The summed E-state index contributed by atoms with van der Waals surface area (Å²) >= 11 is 0. The molecule has 0 aliphatic carbocycles. The van der Waals surface area contributed by atoms with Gasteiger partial charge in [0.15, 0.2) is 12.7 Å². The van der Waals surface area contributed by atoms with Crippen molar-refractivity contribution in [1.82, 2.24) is 0 Å². The van der Waals surface area contributed by atoms with E-state index in [2.05, 4.69) is 10.6 Å². The van der Waals surface area contributed by atoms with Crippen LogP contribution in [0.2, 0.25) is 0 Å². The van der Waals surface area contributed by atoms with Crippen molar-refractivity contribution in [3.8, 4) is 22.6 Å². The predicted octanol–water partition coefficient (Wildman–Crippen LogP) is 4.09. The van der Waals surface area contributed by atoms with Gasteiger partial charge in [-0.15, -0.1) is 0 Å². The van der Waals surface area contributed by atoms with Gasteiger partial charge in [-0.3, -0.25) is 9.59 Å². The maximum atomic E-state index is 12.4. The van der Waals surface area contributed by atoms with Crippen LogP contribution in [0.5, 0.6) is 11.5 Å². The van der Waals surface area contributed by atoms with Crippen LogP contribution in [0.15, 0.2) is 72.8 Å². The van der Waals surface area contributed by atoms with Crippen molar-refractivity contribution >= 4 is 23.2 Å². The van der Waals surface area contributed by atoms with Crippen molar-refractivity contribution in [2.75, 3.05) is 17.2 Å². The average Bonchev–Trinajstić information content (AvgIpc) is 2.74. The molecule has 1 heterocycles. The summed E-state index contributed by atoms with van der Waals surface area (Å²) < 4.78 is 11.3. The minimum Gasteiger partial charge on any atom is -0.483 e. The highest BCUT2D eigenvalue weighted by atomic mass is 16.5. The molecule has 0 radical (unpaired) electrons. The molecule has 0 unspecified atom stereocenters. The molecule has 1 aliphatic rings. The standard InChI is InChI=1S/C23H20N2O4/c1-15-23(27)25-19-13-17(11-12-21(19)29-15)24-22(26)14-28-20-10-6-5-9-18(20)16-7-3-2-4-8-16/h2-13,15H,14H2,1H3,(H,24,26)(H,25,27)/t15-/m1/s1. The van der Waals surface area contributed by atoms with Gasteiger partial charge in [0.2, 0.25) is 0 Å². The highest BCUT2D eigenvalue weighted by Crippen LogP contribution is 2.32. The number of carbonyl (C=O) groups is 2. The molecule has 29 heavy (non-hydrogen) atoms. The molecular weight excluding hydrogens is 368 g/mol. The lowest BCUT2D eigenvalue weighted by Crippen LogP contribution is -2.34. The Morgan fingerprint density at radius 3 is 2.66 bits per heavy atom. The molecule has 0 fully saturated rings. The summed E-state index contributed by atoms with van der Waals surface area (Å²) in [6.07, 6.45) is -0.541. The number of para-hydroxylation sites is 1. The Morgan fingerprint density at radius 1 is 1.07 bits per heavy atom. The Kier molecular flexibility index (Phi) is 5.16. The first-order valence-corrected chi connectivity index (χ1v) is 9.29. The number of rotatable bonds is 5. The van der Waals surface area contributed by atoms with Gasteiger partial charge in [0.1, 0.15) is 11.5 Å². The number of anilines is 2. The third-order valence-electron chi connectivity index (χ3n) is 4.52. The van der Waals surface area contributed by atoms with Crippen molar-refractivity contribution in [3.63, 3.8) is 0 Å². The highest BCUT2D eigenvalue weighted by molar-refractivity contribution is 5.99. The van der Waals surface area contributed by atoms with Gasteiger partial charge < -0.3 is 20.1 Å². The van der Waals surface area contributed by atoms with E-state index in [1.165, 1.54) is 0 Å². The van der Waals surface area contributed by atoms with Crippen LogP contribution in [0.25, 0.3) is 11.1 Å². The van der Waals surface area contributed by atoms with Gasteiger partial charge in [0.05, 0.1) is 5.69 Å². The maximum absolute atomic E-state index is 12.4. The number of carbonyl (C=O) groups excluding carboxylic acids is 2. The molecule has 0 saturated carbocycles. The summed E-state index contributed by atoms with van der Waals surface area (Å²) in [5, 5.41) is 5.54. The Hall–Kier alpha value is -3.80. The van der Waals surface area contributed by atoms with Gasteiger partial charge in [0.25, 0.3) is 11.8 Å². The topological polar surface area (TPSA) is 76.7 Å². The summed E-state index contributed by atoms with van der Waals surface area (Å²) in [5.41, 5.74) is 3.01. The first kappa shape index (κ1) is 18.6. The lowest BCUT2D eigenvalue weighted by Gasteiger charge is -2.23. The van der Waals surface area contributed by atoms with E-state index in [9.17, 15) is 9.59 Å². The zero-order valence-electron chi connectivity index (χ0n) is 15.8. The summed E-state index contributed by atoms with van der Waals surface area (Å²) in [7, 11) is 0. The van der Waals surface area contributed by atoms with Crippen LogP contribution in [0.3, 0.4) is 0 Å². The molecule has 2 amide bonds. The van der Waals surface area contributed by atoms with Crippen molar-refractivity contribution in [3.05, 3.63) is 72.8 Å². The molecule has 0 saturated heterocycles. The number of amides is 2. The zero-order valence-corrected chi connectivity index (χ0v) is 15.8. The molecule has 0 aromatic heterocycles. The molecule has 3 aromatic rings. The van der Waals surface area contributed by atoms with Gasteiger partial charge in [0, 0.05) is 11.3 Å². The molecule has 146 valence electrons. The van der Waals surface area contributed by atoms with Crippen LogP contribution in [0, 0.1) is 0 Å². The van der Waals surface area contributed by atoms with E-state index in [4.69, 9.17) is 9.47 Å². The maximum Gasteiger partial charge on any atom is 0.265 e. The Bertz CT molecular complexity index is 1050. The smallest absolute Gasteiger partial charge is 0.265 e. The number of nitrogens with one attached hydrogen (secondary N) is 2. The number of ether oxygens (including phenoxy) is 2. The fourth-order valence-corrected chi connectivity index (χ4v) is 3.08. The van der Waals surface area contributed by atoms with Gasteiger partial charge in [-0.25, -0.2) is 0 Å². The lowest BCUT2D eigenvalue weighted by atomic mass is 10.1. The summed E-state index contributed by atoms with van der Waals surface area (Å²) in [4.78, 5) is 24.1. The Labute approximate surface area is 168 Å². The molecular formula is C23H20N2O4. The van der Waals surface area contributed by atoms with E-state index in [0.29, 0.717) is 22.9 Å². The van der Waals surface area contributed by atoms with Crippen LogP contribution in [-0.2, 0) is 9.59 Å². The van der Waals surface area contributed by atoms with Crippen LogP contribution < -0.4 is 20.1 Å². The molecule has 6 nitrogen and oxygen atoms in total. The average molecular weight is 388 g/mol. The fourth-order valence-electron chi connectivity index (χ4n) is 3.08. The van der Waals surface area contributed by atoms with Gasteiger partial charge in [-0.2, -0.15) is 0 Å². The lowest BCUT2D eigenvalue weighted by molar-refractivity contribution is -0.122.